The summed E-state index contributed by atoms with van der Waals surface area (Å²) < 4.78 is 6.82. The molecular formula is C29H26N6O2. The maximum absolute atomic E-state index is 14.1. The van der Waals surface area contributed by atoms with Gasteiger partial charge < -0.3 is 15.0 Å². The number of nitrogens with zero attached hydrogens (tertiary/aromatic N) is 4. The molecule has 0 bridgehead atoms. The Labute approximate surface area is 213 Å². The van der Waals surface area contributed by atoms with Crippen molar-refractivity contribution < 1.29 is 4.74 Å². The third-order valence-corrected chi connectivity index (χ3v) is 6.66. The number of ether oxygens (including phenoxy) is 1. The molecule has 1 aliphatic rings. The molecule has 0 spiro atoms. The summed E-state index contributed by atoms with van der Waals surface area (Å²) in [5, 5.41) is 8.19. The number of benzene rings is 2. The second kappa shape index (κ2) is 9.73. The summed E-state index contributed by atoms with van der Waals surface area (Å²) >= 11 is 0. The Morgan fingerprint density at radius 3 is 2.51 bits per heavy atom. The van der Waals surface area contributed by atoms with Crippen LogP contribution in [0.2, 0.25) is 0 Å². The Morgan fingerprint density at radius 1 is 0.973 bits per heavy atom. The van der Waals surface area contributed by atoms with Crippen LogP contribution < -0.4 is 15.6 Å². The van der Waals surface area contributed by atoms with E-state index in [0.717, 1.165) is 41.6 Å². The van der Waals surface area contributed by atoms with Gasteiger partial charge in [-0.05, 0) is 55.0 Å². The Balaban J connectivity index is 1.65. The van der Waals surface area contributed by atoms with Crippen LogP contribution in [0.1, 0.15) is 31.2 Å². The average molecular weight is 491 g/mol. The lowest BCUT2D eigenvalue weighted by molar-refractivity contribution is 0.415. The normalized spacial score (nSPS) is 13.4. The highest BCUT2D eigenvalue weighted by Gasteiger charge is 2.24. The van der Waals surface area contributed by atoms with Crippen LogP contribution in [-0.4, -0.2) is 31.7 Å². The highest BCUT2D eigenvalue weighted by Crippen LogP contribution is 2.37. The second-order valence-corrected chi connectivity index (χ2v) is 8.95. The van der Waals surface area contributed by atoms with Gasteiger partial charge in [0.05, 0.1) is 12.7 Å². The minimum atomic E-state index is -0.227. The van der Waals surface area contributed by atoms with Crippen LogP contribution in [0.25, 0.3) is 33.6 Å². The number of allylic oxidation sites excluding steroid dienone is 2. The summed E-state index contributed by atoms with van der Waals surface area (Å²) in [7, 11) is 1.62. The van der Waals surface area contributed by atoms with Crippen molar-refractivity contribution in [3.8, 4) is 28.1 Å². The number of aromatic nitrogens is 5. The fourth-order valence-electron chi connectivity index (χ4n) is 4.85. The van der Waals surface area contributed by atoms with Gasteiger partial charge in [0.2, 0.25) is 0 Å². The molecule has 3 aromatic heterocycles. The summed E-state index contributed by atoms with van der Waals surface area (Å²) in [6.45, 7) is 0. The van der Waals surface area contributed by atoms with Gasteiger partial charge in [0.1, 0.15) is 35.1 Å². The first kappa shape index (κ1) is 22.7. The summed E-state index contributed by atoms with van der Waals surface area (Å²) in [6.07, 6.45) is 9.64. The van der Waals surface area contributed by atoms with Gasteiger partial charge in [-0.1, -0.05) is 48.5 Å². The van der Waals surface area contributed by atoms with Gasteiger partial charge in [-0.15, -0.1) is 0 Å². The lowest BCUT2D eigenvalue weighted by atomic mass is 9.92. The first-order valence-corrected chi connectivity index (χ1v) is 12.3. The highest BCUT2D eigenvalue weighted by atomic mass is 16.5. The third-order valence-electron chi connectivity index (χ3n) is 6.66. The number of nitrogens with one attached hydrogen (secondary N) is 2. The van der Waals surface area contributed by atoms with E-state index in [1.165, 1.54) is 22.8 Å². The zero-order valence-electron chi connectivity index (χ0n) is 20.4. The van der Waals surface area contributed by atoms with Crippen molar-refractivity contribution in [3.63, 3.8) is 0 Å². The number of rotatable bonds is 6. The maximum atomic E-state index is 14.1. The molecule has 1 aliphatic carbocycles. The molecule has 0 atom stereocenters. The lowest BCUT2D eigenvalue weighted by Crippen LogP contribution is -2.20. The third kappa shape index (κ3) is 4.27. The summed E-state index contributed by atoms with van der Waals surface area (Å²) in [5.41, 5.74) is 5.56. The molecule has 0 saturated heterocycles. The van der Waals surface area contributed by atoms with E-state index in [1.54, 1.807) is 19.4 Å². The van der Waals surface area contributed by atoms with E-state index in [-0.39, 0.29) is 5.56 Å². The van der Waals surface area contributed by atoms with E-state index in [9.17, 15) is 4.79 Å². The van der Waals surface area contributed by atoms with Crippen LogP contribution in [0.4, 0.5) is 11.6 Å². The Kier molecular flexibility index (Phi) is 5.98. The summed E-state index contributed by atoms with van der Waals surface area (Å²) in [4.78, 5) is 26.0. The molecule has 8 nitrogen and oxygen atoms in total. The minimum Gasteiger partial charge on any atom is -0.497 e. The zero-order chi connectivity index (χ0) is 25.2. The van der Waals surface area contributed by atoms with Crippen LogP contribution in [0.3, 0.4) is 0 Å². The van der Waals surface area contributed by atoms with Crippen LogP contribution in [0.15, 0.2) is 84.1 Å². The van der Waals surface area contributed by atoms with E-state index in [1.807, 2.05) is 54.6 Å². The topological polar surface area (TPSA) is 97.2 Å². The molecule has 0 amide bonds. The van der Waals surface area contributed by atoms with Gasteiger partial charge in [0, 0.05) is 17.3 Å². The van der Waals surface area contributed by atoms with Crippen LogP contribution in [0.5, 0.6) is 5.75 Å². The average Bonchev–Trinajstić information content (AvgIpc) is 3.35. The molecule has 3 heterocycles. The van der Waals surface area contributed by atoms with Crippen LogP contribution in [-0.2, 0) is 0 Å². The molecular weight excluding hydrogens is 464 g/mol. The standard InChI is InChI=1S/C29H26N6O2/c1-37-22-14-12-20(13-15-22)25-27(32-23-16-17-30-18-31-23)33-28-24(19-8-4-2-5-9-19)26(34-35(28)29(25)36)21-10-6-3-7-11-21/h3,6-8,10-18,33H,2,4-5,9H2,1H3,(H,30,31,32). The molecule has 5 aromatic rings. The quantitative estimate of drug-likeness (QED) is 0.310. The lowest BCUT2D eigenvalue weighted by Gasteiger charge is -2.15. The van der Waals surface area contributed by atoms with Gasteiger partial charge in [0.25, 0.3) is 5.56 Å². The number of anilines is 2. The molecule has 2 N–H and O–H groups in total. The number of hydrogen-bond acceptors (Lipinski definition) is 6. The largest absolute Gasteiger partial charge is 0.497 e. The minimum absolute atomic E-state index is 0.227. The van der Waals surface area contributed by atoms with Gasteiger partial charge in [0.15, 0.2) is 0 Å². The van der Waals surface area contributed by atoms with Crippen molar-refractivity contribution in [1.29, 1.82) is 0 Å². The molecule has 2 aromatic carbocycles. The summed E-state index contributed by atoms with van der Waals surface area (Å²) in [6, 6.07) is 19.2. The highest BCUT2D eigenvalue weighted by molar-refractivity contribution is 5.89. The van der Waals surface area contributed by atoms with Crippen molar-refractivity contribution in [2.45, 2.75) is 25.7 Å². The number of aromatic amines is 1. The SMILES string of the molecule is COc1ccc(-c2c(Nc3ccncn3)[nH]c3c(C4=CCCCC4)c(-c4ccccc4)nn3c2=O)cc1. The van der Waals surface area contributed by atoms with E-state index in [4.69, 9.17) is 9.84 Å². The molecule has 0 fully saturated rings. The predicted molar refractivity (Wildman–Crippen MR) is 145 cm³/mol. The van der Waals surface area contributed by atoms with E-state index in [2.05, 4.69) is 26.3 Å². The second-order valence-electron chi connectivity index (χ2n) is 8.95. The molecule has 184 valence electrons. The van der Waals surface area contributed by atoms with E-state index >= 15 is 0 Å². The molecule has 0 unspecified atom stereocenters. The van der Waals surface area contributed by atoms with E-state index in [0.29, 0.717) is 28.6 Å². The Hall–Kier alpha value is -4.72. The smallest absolute Gasteiger partial charge is 0.284 e. The molecule has 0 radical (unpaired) electrons. The first-order valence-electron chi connectivity index (χ1n) is 12.3. The molecule has 8 heteroatoms. The number of methoxy groups -OCH3 is 1. The predicted octanol–water partition coefficient (Wildman–Crippen LogP) is 5.86. The Morgan fingerprint density at radius 2 is 1.81 bits per heavy atom. The van der Waals surface area contributed by atoms with Gasteiger partial charge in [-0.2, -0.15) is 9.61 Å². The summed E-state index contributed by atoms with van der Waals surface area (Å²) in [5.74, 6) is 1.83. The van der Waals surface area contributed by atoms with Gasteiger partial charge in [-0.25, -0.2) is 9.97 Å². The van der Waals surface area contributed by atoms with Crippen LogP contribution in [0, 0.1) is 0 Å². The van der Waals surface area contributed by atoms with Crippen molar-refractivity contribution >= 4 is 22.9 Å². The fourth-order valence-corrected chi connectivity index (χ4v) is 4.85. The maximum Gasteiger partial charge on any atom is 0.284 e. The van der Waals surface area contributed by atoms with Crippen LogP contribution >= 0.6 is 0 Å². The zero-order valence-corrected chi connectivity index (χ0v) is 20.4. The van der Waals surface area contributed by atoms with E-state index < -0.39 is 0 Å². The molecule has 0 saturated carbocycles. The van der Waals surface area contributed by atoms with Gasteiger partial charge in [-0.3, -0.25) is 4.79 Å². The number of H-pyrrole nitrogens is 1. The van der Waals surface area contributed by atoms with Gasteiger partial charge >= 0.3 is 0 Å². The van der Waals surface area contributed by atoms with Crippen molar-refractivity contribution in [3.05, 3.63) is 95.2 Å². The molecule has 0 aliphatic heterocycles. The molecule has 37 heavy (non-hydrogen) atoms. The first-order chi connectivity index (χ1) is 18.2. The monoisotopic (exact) mass is 490 g/mol. The molecule has 6 rings (SSSR count). The van der Waals surface area contributed by atoms with Crippen molar-refractivity contribution in [2.24, 2.45) is 0 Å². The Bertz CT molecular complexity index is 1640. The van der Waals surface area contributed by atoms with Crippen molar-refractivity contribution in [2.75, 3.05) is 12.4 Å². The fraction of sp³-hybridized carbons (Fsp3) is 0.172. The number of hydrogen-bond donors (Lipinski definition) is 2. The van der Waals surface area contributed by atoms with Crippen molar-refractivity contribution in [1.82, 2.24) is 24.6 Å². The number of fused-ring (bicyclic) bond motifs is 1.